The zero-order chi connectivity index (χ0) is 21.3. The van der Waals surface area contributed by atoms with Gasteiger partial charge in [-0.05, 0) is 48.4 Å². The Morgan fingerprint density at radius 1 is 1.07 bits per heavy atom. The molecular weight excluding hydrogens is 394 g/mol. The van der Waals surface area contributed by atoms with Crippen LogP contribution in [-0.4, -0.2) is 65.3 Å². The predicted octanol–water partition coefficient (Wildman–Crippen LogP) is 3.47. The summed E-state index contributed by atoms with van der Waals surface area (Å²) in [4.78, 5) is 33.0. The Morgan fingerprint density at radius 2 is 1.87 bits per heavy atom. The highest BCUT2D eigenvalue weighted by Gasteiger charge is 2.34. The number of aryl methyl sites for hydroxylation is 1. The minimum absolute atomic E-state index is 0.0761. The first-order valence-electron chi connectivity index (χ1n) is 10.9. The molecule has 6 heteroatoms. The molecule has 1 fully saturated rings. The Balaban J connectivity index is 1.51. The van der Waals surface area contributed by atoms with Crippen molar-refractivity contribution in [1.29, 1.82) is 0 Å². The van der Waals surface area contributed by atoms with Crippen molar-refractivity contribution < 1.29 is 9.59 Å². The van der Waals surface area contributed by atoms with Crippen molar-refractivity contribution in [3.8, 4) is 0 Å². The molecule has 30 heavy (non-hydrogen) atoms. The number of hydrogen-bond donors (Lipinski definition) is 0. The van der Waals surface area contributed by atoms with Gasteiger partial charge in [-0.3, -0.25) is 14.5 Å². The van der Waals surface area contributed by atoms with Crippen LogP contribution < -0.4 is 0 Å². The smallest absolute Gasteiger partial charge is 0.236 e. The topological polar surface area (TPSA) is 43.9 Å². The molecule has 0 spiro atoms. The summed E-state index contributed by atoms with van der Waals surface area (Å²) in [6, 6.07) is 10.9. The molecule has 1 saturated heterocycles. The van der Waals surface area contributed by atoms with Gasteiger partial charge in [0.1, 0.15) is 0 Å². The molecule has 0 radical (unpaired) electrons. The van der Waals surface area contributed by atoms with Gasteiger partial charge >= 0.3 is 0 Å². The maximum absolute atomic E-state index is 13.3. The quantitative estimate of drug-likeness (QED) is 0.753. The molecule has 0 aliphatic carbocycles. The van der Waals surface area contributed by atoms with Crippen LogP contribution in [0, 0.1) is 6.92 Å². The molecule has 0 unspecified atom stereocenters. The normalized spacial score (nSPS) is 22.1. The van der Waals surface area contributed by atoms with E-state index in [9.17, 15) is 9.59 Å². The van der Waals surface area contributed by atoms with Crippen LogP contribution in [0.1, 0.15) is 47.9 Å². The Hall–Kier alpha value is -2.18. The van der Waals surface area contributed by atoms with Crippen LogP contribution >= 0.6 is 11.3 Å². The van der Waals surface area contributed by atoms with E-state index in [0.717, 1.165) is 13.0 Å². The zero-order valence-electron chi connectivity index (χ0n) is 18.1. The summed E-state index contributed by atoms with van der Waals surface area (Å²) in [5.74, 6) is 0.345. The summed E-state index contributed by atoms with van der Waals surface area (Å²) in [7, 11) is 0. The van der Waals surface area contributed by atoms with Crippen LogP contribution in [0.4, 0.5) is 0 Å². The zero-order valence-corrected chi connectivity index (χ0v) is 19.0. The van der Waals surface area contributed by atoms with Crippen LogP contribution in [-0.2, 0) is 16.0 Å². The Kier molecular flexibility index (Phi) is 6.25. The molecule has 2 aliphatic rings. The molecule has 0 bridgehead atoms. The van der Waals surface area contributed by atoms with Gasteiger partial charge in [0, 0.05) is 43.5 Å². The molecule has 0 saturated carbocycles. The van der Waals surface area contributed by atoms with E-state index in [1.54, 1.807) is 0 Å². The van der Waals surface area contributed by atoms with E-state index >= 15 is 0 Å². The standard InChI is InChI=1S/C24H31N3O2S/c1-4-22(28)27-13-12-25(15-18(27)3)23(29)16-26-11-9-21-20(10-14-30-21)24(26)19-8-6-5-7-17(19)2/h5-8,10,14,18,24H,4,9,11-13,15-16H2,1-3H3/t18-,24+/m0/s1. The van der Waals surface area contributed by atoms with Gasteiger partial charge in [-0.2, -0.15) is 0 Å². The third kappa shape index (κ3) is 4.03. The highest BCUT2D eigenvalue weighted by atomic mass is 32.1. The molecule has 2 amide bonds. The third-order valence-electron chi connectivity index (χ3n) is 6.49. The highest BCUT2D eigenvalue weighted by Crippen LogP contribution is 2.38. The maximum atomic E-state index is 13.3. The van der Waals surface area contributed by atoms with Gasteiger partial charge in [0.05, 0.1) is 12.6 Å². The number of carbonyl (C=O) groups is 2. The maximum Gasteiger partial charge on any atom is 0.236 e. The van der Waals surface area contributed by atoms with Crippen molar-refractivity contribution in [3.05, 3.63) is 57.3 Å². The highest BCUT2D eigenvalue weighted by molar-refractivity contribution is 7.10. The Morgan fingerprint density at radius 3 is 2.60 bits per heavy atom. The van der Waals surface area contributed by atoms with Crippen LogP contribution in [0.3, 0.4) is 0 Å². The van der Waals surface area contributed by atoms with Gasteiger partial charge < -0.3 is 9.80 Å². The van der Waals surface area contributed by atoms with Crippen molar-refractivity contribution in [2.45, 2.75) is 45.7 Å². The number of thiophene rings is 1. The van der Waals surface area contributed by atoms with E-state index in [4.69, 9.17) is 0 Å². The van der Waals surface area contributed by atoms with Crippen molar-refractivity contribution in [2.24, 2.45) is 0 Å². The molecule has 0 N–H and O–H groups in total. The molecule has 3 heterocycles. The SMILES string of the molecule is CCC(=O)N1CCN(C(=O)CN2CCc3sccc3[C@H]2c2ccccc2C)C[C@@H]1C. The fourth-order valence-corrected chi connectivity index (χ4v) is 5.73. The van der Waals surface area contributed by atoms with Crippen LogP contribution in [0.15, 0.2) is 35.7 Å². The van der Waals surface area contributed by atoms with Gasteiger partial charge in [-0.1, -0.05) is 31.2 Å². The minimum atomic E-state index is 0.0761. The average Bonchev–Trinajstić information content (AvgIpc) is 3.22. The monoisotopic (exact) mass is 425 g/mol. The first-order valence-corrected chi connectivity index (χ1v) is 11.8. The summed E-state index contributed by atoms with van der Waals surface area (Å²) in [5, 5.41) is 2.17. The van der Waals surface area contributed by atoms with Crippen molar-refractivity contribution >= 4 is 23.2 Å². The van der Waals surface area contributed by atoms with Crippen molar-refractivity contribution in [3.63, 3.8) is 0 Å². The summed E-state index contributed by atoms with van der Waals surface area (Å²) >= 11 is 1.82. The minimum Gasteiger partial charge on any atom is -0.338 e. The van der Waals surface area contributed by atoms with Gasteiger partial charge in [0.25, 0.3) is 0 Å². The number of piperazine rings is 1. The molecule has 1 aromatic heterocycles. The van der Waals surface area contributed by atoms with Crippen LogP contribution in [0.25, 0.3) is 0 Å². The average molecular weight is 426 g/mol. The van der Waals surface area contributed by atoms with Gasteiger partial charge in [0.15, 0.2) is 0 Å². The number of benzene rings is 1. The second-order valence-electron chi connectivity index (χ2n) is 8.41. The van der Waals surface area contributed by atoms with E-state index in [1.165, 1.54) is 21.6 Å². The second-order valence-corrected chi connectivity index (χ2v) is 9.41. The van der Waals surface area contributed by atoms with E-state index < -0.39 is 0 Å². The Labute approximate surface area is 183 Å². The molecule has 2 atom stereocenters. The number of amides is 2. The molecule has 2 aromatic rings. The Bertz CT molecular complexity index is 925. The number of fused-ring (bicyclic) bond motifs is 1. The fraction of sp³-hybridized carbons (Fsp3) is 0.500. The lowest BCUT2D eigenvalue weighted by Crippen LogP contribution is -2.57. The second kappa shape index (κ2) is 8.90. The van der Waals surface area contributed by atoms with Crippen molar-refractivity contribution in [1.82, 2.24) is 14.7 Å². The summed E-state index contributed by atoms with van der Waals surface area (Å²) in [6.07, 6.45) is 1.52. The number of rotatable bonds is 4. The van der Waals surface area contributed by atoms with E-state index in [1.807, 2.05) is 35.0 Å². The third-order valence-corrected chi connectivity index (χ3v) is 7.49. The van der Waals surface area contributed by atoms with Crippen molar-refractivity contribution in [2.75, 3.05) is 32.7 Å². The molecular formula is C24H31N3O2S. The largest absolute Gasteiger partial charge is 0.338 e. The lowest BCUT2D eigenvalue weighted by molar-refractivity contribution is -0.143. The van der Waals surface area contributed by atoms with Gasteiger partial charge in [-0.25, -0.2) is 0 Å². The van der Waals surface area contributed by atoms with Gasteiger partial charge in [-0.15, -0.1) is 11.3 Å². The molecule has 4 rings (SSSR count). The summed E-state index contributed by atoms with van der Waals surface area (Å²) in [5.41, 5.74) is 3.90. The summed E-state index contributed by atoms with van der Waals surface area (Å²) in [6.45, 7) is 9.29. The first-order chi connectivity index (χ1) is 14.5. The lowest BCUT2D eigenvalue weighted by Gasteiger charge is -2.42. The number of hydrogen-bond acceptors (Lipinski definition) is 4. The van der Waals surface area contributed by atoms with Crippen LogP contribution in [0.2, 0.25) is 0 Å². The summed E-state index contributed by atoms with van der Waals surface area (Å²) < 4.78 is 0. The number of nitrogens with zero attached hydrogens (tertiary/aromatic N) is 3. The fourth-order valence-electron chi connectivity index (χ4n) is 4.83. The van der Waals surface area contributed by atoms with E-state index in [2.05, 4.69) is 47.5 Å². The van der Waals surface area contributed by atoms with E-state index in [-0.39, 0.29) is 23.9 Å². The number of carbonyl (C=O) groups excluding carboxylic acids is 2. The molecule has 2 aliphatic heterocycles. The molecule has 1 aromatic carbocycles. The predicted molar refractivity (Wildman–Crippen MR) is 121 cm³/mol. The molecule has 5 nitrogen and oxygen atoms in total. The van der Waals surface area contributed by atoms with Crippen LogP contribution in [0.5, 0.6) is 0 Å². The lowest BCUT2D eigenvalue weighted by atomic mass is 9.90. The first kappa shape index (κ1) is 21.1. The van der Waals surface area contributed by atoms with E-state index in [0.29, 0.717) is 32.6 Å². The molecule has 160 valence electrons. The van der Waals surface area contributed by atoms with Gasteiger partial charge in [0.2, 0.25) is 11.8 Å².